The molecule has 6 heteroatoms. The van der Waals surface area contributed by atoms with E-state index in [4.69, 9.17) is 0 Å². The normalized spacial score (nSPS) is 17.8. The van der Waals surface area contributed by atoms with Gasteiger partial charge in [0.1, 0.15) is 0 Å². The second kappa shape index (κ2) is 5.48. The van der Waals surface area contributed by atoms with E-state index >= 15 is 0 Å². The van der Waals surface area contributed by atoms with Crippen molar-refractivity contribution in [2.45, 2.75) is 25.4 Å². The molecule has 1 aliphatic heterocycles. The molecule has 0 saturated carbocycles. The van der Waals surface area contributed by atoms with Crippen LogP contribution in [0.5, 0.6) is 0 Å². The topological polar surface area (TPSA) is 15.3 Å². The number of alkyl halides is 3. The largest absolute Gasteiger partial charge is 0.416 e. The highest BCUT2D eigenvalue weighted by Crippen LogP contribution is 2.34. The van der Waals surface area contributed by atoms with Crippen LogP contribution in [-0.2, 0) is 6.18 Å². The predicted octanol–water partition coefficient (Wildman–Crippen LogP) is 4.28. The van der Waals surface area contributed by atoms with Crippen LogP contribution in [0.2, 0.25) is 0 Å². The van der Waals surface area contributed by atoms with Crippen molar-refractivity contribution in [1.82, 2.24) is 5.01 Å². The van der Waals surface area contributed by atoms with Gasteiger partial charge in [-0.05, 0) is 47.0 Å². The molecule has 1 aromatic carbocycles. The van der Waals surface area contributed by atoms with Crippen molar-refractivity contribution in [2.24, 2.45) is 0 Å². The van der Waals surface area contributed by atoms with Gasteiger partial charge in [-0.2, -0.15) is 13.2 Å². The van der Waals surface area contributed by atoms with Gasteiger partial charge in [0, 0.05) is 17.6 Å². The molecule has 18 heavy (non-hydrogen) atoms. The van der Waals surface area contributed by atoms with E-state index < -0.39 is 11.7 Å². The first-order valence-electron chi connectivity index (χ1n) is 5.85. The molecule has 1 saturated heterocycles. The summed E-state index contributed by atoms with van der Waals surface area (Å²) in [6, 6.07) is 3.66. The van der Waals surface area contributed by atoms with Gasteiger partial charge in [-0.25, -0.2) is 5.01 Å². The maximum atomic E-state index is 12.5. The third-order valence-corrected chi connectivity index (χ3v) is 3.59. The van der Waals surface area contributed by atoms with Crippen molar-refractivity contribution in [3.63, 3.8) is 0 Å². The van der Waals surface area contributed by atoms with E-state index in [2.05, 4.69) is 21.4 Å². The van der Waals surface area contributed by atoms with Crippen LogP contribution in [0.4, 0.5) is 18.9 Å². The molecule has 0 unspecified atom stereocenters. The Labute approximate surface area is 112 Å². The predicted molar refractivity (Wildman–Crippen MR) is 68.2 cm³/mol. The lowest BCUT2D eigenvalue weighted by Crippen LogP contribution is -2.34. The molecular weight excluding hydrogens is 309 g/mol. The van der Waals surface area contributed by atoms with E-state index in [0.717, 1.165) is 38.1 Å². The molecule has 100 valence electrons. The first kappa shape index (κ1) is 13.7. The molecule has 0 bridgehead atoms. The van der Waals surface area contributed by atoms with Crippen LogP contribution in [0.15, 0.2) is 22.7 Å². The van der Waals surface area contributed by atoms with E-state index in [9.17, 15) is 13.2 Å². The molecule has 0 spiro atoms. The molecule has 1 N–H and O–H groups in total. The highest BCUT2D eigenvalue weighted by Gasteiger charge is 2.30. The number of anilines is 1. The number of hydrazine groups is 1. The summed E-state index contributed by atoms with van der Waals surface area (Å²) in [7, 11) is 0. The summed E-state index contributed by atoms with van der Waals surface area (Å²) in [4.78, 5) is 0. The number of hydrogen-bond acceptors (Lipinski definition) is 2. The van der Waals surface area contributed by atoms with Crippen molar-refractivity contribution < 1.29 is 13.2 Å². The third kappa shape index (κ3) is 3.38. The Morgan fingerprint density at radius 2 is 1.78 bits per heavy atom. The van der Waals surface area contributed by atoms with E-state index in [-0.39, 0.29) is 0 Å². The van der Waals surface area contributed by atoms with E-state index in [0.29, 0.717) is 10.2 Å². The Morgan fingerprint density at radius 3 is 2.33 bits per heavy atom. The average molecular weight is 323 g/mol. The monoisotopic (exact) mass is 322 g/mol. The lowest BCUT2D eigenvalue weighted by atomic mass is 10.1. The van der Waals surface area contributed by atoms with Gasteiger partial charge < -0.3 is 5.43 Å². The minimum Gasteiger partial charge on any atom is -0.318 e. The fourth-order valence-electron chi connectivity index (χ4n) is 1.96. The second-order valence-electron chi connectivity index (χ2n) is 4.35. The Kier molecular flexibility index (Phi) is 4.17. The van der Waals surface area contributed by atoms with Crippen LogP contribution >= 0.6 is 15.9 Å². The molecule has 1 aromatic rings. The Morgan fingerprint density at radius 1 is 1.11 bits per heavy atom. The van der Waals surface area contributed by atoms with Gasteiger partial charge in [0.2, 0.25) is 0 Å². The Bertz CT molecular complexity index is 414. The summed E-state index contributed by atoms with van der Waals surface area (Å²) in [5.74, 6) is 0. The molecule has 0 atom stereocenters. The molecule has 0 radical (unpaired) electrons. The Balaban J connectivity index is 2.09. The van der Waals surface area contributed by atoms with Gasteiger partial charge in [0.15, 0.2) is 0 Å². The van der Waals surface area contributed by atoms with Crippen LogP contribution in [0.1, 0.15) is 24.8 Å². The minimum atomic E-state index is -4.30. The fraction of sp³-hybridized carbons (Fsp3) is 0.500. The molecule has 1 heterocycles. The third-order valence-electron chi connectivity index (χ3n) is 2.93. The summed E-state index contributed by atoms with van der Waals surface area (Å²) >= 11 is 3.18. The number of halogens is 4. The molecule has 2 rings (SSSR count). The lowest BCUT2D eigenvalue weighted by Gasteiger charge is -2.28. The zero-order valence-corrected chi connectivity index (χ0v) is 11.3. The number of piperidine rings is 1. The molecule has 0 amide bonds. The molecular formula is C12H14BrF3N2. The summed E-state index contributed by atoms with van der Waals surface area (Å²) in [5, 5.41) is 2.04. The second-order valence-corrected chi connectivity index (χ2v) is 5.21. The van der Waals surface area contributed by atoms with Crippen molar-refractivity contribution in [3.05, 3.63) is 28.2 Å². The van der Waals surface area contributed by atoms with Crippen LogP contribution < -0.4 is 5.43 Å². The van der Waals surface area contributed by atoms with E-state index in [1.54, 1.807) is 0 Å². The van der Waals surface area contributed by atoms with Gasteiger partial charge in [-0.15, -0.1) is 0 Å². The van der Waals surface area contributed by atoms with Crippen molar-refractivity contribution in [3.8, 4) is 0 Å². The lowest BCUT2D eigenvalue weighted by molar-refractivity contribution is -0.137. The first-order valence-corrected chi connectivity index (χ1v) is 6.64. The average Bonchev–Trinajstić information content (AvgIpc) is 2.32. The Hall–Kier alpha value is -0.750. The maximum Gasteiger partial charge on any atom is 0.416 e. The SMILES string of the molecule is FC(F)(F)c1ccc(NN2CCCCC2)c(Br)c1. The van der Waals surface area contributed by atoms with Crippen LogP contribution in [0.3, 0.4) is 0 Å². The van der Waals surface area contributed by atoms with Crippen molar-refractivity contribution in [2.75, 3.05) is 18.5 Å². The zero-order chi connectivity index (χ0) is 13.2. The molecule has 1 fully saturated rings. The summed E-state index contributed by atoms with van der Waals surface area (Å²) in [5.41, 5.74) is 3.18. The summed E-state index contributed by atoms with van der Waals surface area (Å²) in [6.07, 6.45) is -0.852. The molecule has 0 aliphatic carbocycles. The molecule has 2 nitrogen and oxygen atoms in total. The van der Waals surface area contributed by atoms with Crippen molar-refractivity contribution >= 4 is 21.6 Å². The van der Waals surface area contributed by atoms with Crippen LogP contribution in [0.25, 0.3) is 0 Å². The van der Waals surface area contributed by atoms with Crippen LogP contribution in [0, 0.1) is 0 Å². The van der Waals surface area contributed by atoms with Gasteiger partial charge in [-0.3, -0.25) is 0 Å². The number of nitrogens with one attached hydrogen (secondary N) is 1. The standard InChI is InChI=1S/C12H14BrF3N2/c13-10-8-9(12(14,15)16)4-5-11(10)17-18-6-2-1-3-7-18/h4-5,8,17H,1-3,6-7H2. The fourth-order valence-corrected chi connectivity index (χ4v) is 2.43. The smallest absolute Gasteiger partial charge is 0.318 e. The quantitative estimate of drug-likeness (QED) is 0.874. The number of nitrogens with zero attached hydrogens (tertiary/aromatic N) is 1. The highest BCUT2D eigenvalue weighted by molar-refractivity contribution is 9.10. The minimum absolute atomic E-state index is 0.433. The molecule has 1 aliphatic rings. The van der Waals surface area contributed by atoms with Crippen LogP contribution in [-0.4, -0.2) is 18.1 Å². The van der Waals surface area contributed by atoms with Gasteiger partial charge in [0.05, 0.1) is 11.3 Å². The van der Waals surface area contributed by atoms with Gasteiger partial charge in [-0.1, -0.05) is 6.42 Å². The highest BCUT2D eigenvalue weighted by atomic mass is 79.9. The van der Waals surface area contributed by atoms with Crippen molar-refractivity contribution in [1.29, 1.82) is 0 Å². The summed E-state index contributed by atoms with van der Waals surface area (Å²) in [6.45, 7) is 1.85. The van der Waals surface area contributed by atoms with E-state index in [1.165, 1.54) is 12.5 Å². The summed E-state index contributed by atoms with van der Waals surface area (Å²) < 4.78 is 38.0. The number of benzene rings is 1. The number of rotatable bonds is 2. The maximum absolute atomic E-state index is 12.5. The first-order chi connectivity index (χ1) is 8.47. The van der Waals surface area contributed by atoms with Gasteiger partial charge in [0.25, 0.3) is 0 Å². The van der Waals surface area contributed by atoms with E-state index in [1.807, 2.05) is 5.01 Å². The zero-order valence-electron chi connectivity index (χ0n) is 9.73. The van der Waals surface area contributed by atoms with Gasteiger partial charge >= 0.3 is 6.18 Å². The number of hydrogen-bond donors (Lipinski definition) is 1. The molecule has 0 aromatic heterocycles.